The lowest BCUT2D eigenvalue weighted by Gasteiger charge is -2.25. The number of hydrogen-bond donors (Lipinski definition) is 1. The first-order chi connectivity index (χ1) is 13.3. The van der Waals surface area contributed by atoms with Crippen LogP contribution in [0.2, 0.25) is 0 Å². The van der Waals surface area contributed by atoms with Crippen LogP contribution in [0.4, 0.5) is 35.7 Å². The highest BCUT2D eigenvalue weighted by atomic mass is 32.1. The molecule has 13 heteroatoms. The lowest BCUT2D eigenvalue weighted by molar-refractivity contribution is -0.457. The fourth-order valence-corrected chi connectivity index (χ4v) is 4.05. The van der Waals surface area contributed by atoms with Gasteiger partial charge in [-0.3, -0.25) is 4.79 Å². The molecule has 1 N–H and O–H groups in total. The third-order valence-corrected chi connectivity index (χ3v) is 5.23. The van der Waals surface area contributed by atoms with Gasteiger partial charge in [-0.1, -0.05) is 6.42 Å². The predicted molar refractivity (Wildman–Crippen MR) is 87.2 cm³/mol. The number of carbonyl (C=O) groups is 2. The SMILES string of the molecule is CCOC(=O)c1c(NC(=O)C(F)(F)C(F)(F)OC(F)(F)F)sc2c1CCCCC2. The Balaban J connectivity index is 2.37. The first kappa shape index (κ1) is 23.4. The van der Waals surface area contributed by atoms with Gasteiger partial charge in [0.15, 0.2) is 0 Å². The molecule has 1 heterocycles. The van der Waals surface area contributed by atoms with Crippen LogP contribution in [-0.4, -0.2) is 36.9 Å². The molecule has 0 unspecified atom stereocenters. The van der Waals surface area contributed by atoms with Gasteiger partial charge in [-0.25, -0.2) is 9.53 Å². The van der Waals surface area contributed by atoms with Crippen LogP contribution in [0.15, 0.2) is 0 Å². The third kappa shape index (κ3) is 5.18. The fourth-order valence-electron chi connectivity index (χ4n) is 2.77. The summed E-state index contributed by atoms with van der Waals surface area (Å²) in [7, 11) is 0. The zero-order valence-corrected chi connectivity index (χ0v) is 15.7. The van der Waals surface area contributed by atoms with Crippen LogP contribution < -0.4 is 5.32 Å². The standard InChI is InChI=1S/C16H16F7NO4S/c1-2-27-12(25)10-8-6-4-3-5-7-9(8)29-11(10)24-13(26)14(17,18)15(19,20)28-16(21,22)23/h2-7H2,1H3,(H,24,26). The van der Waals surface area contributed by atoms with E-state index >= 15 is 0 Å². The Morgan fingerprint density at radius 2 is 1.66 bits per heavy atom. The lowest BCUT2D eigenvalue weighted by atomic mass is 10.1. The van der Waals surface area contributed by atoms with Gasteiger partial charge in [0.25, 0.3) is 0 Å². The van der Waals surface area contributed by atoms with E-state index in [1.54, 1.807) is 0 Å². The van der Waals surface area contributed by atoms with Gasteiger partial charge in [-0.2, -0.15) is 17.6 Å². The Morgan fingerprint density at radius 3 is 2.24 bits per heavy atom. The Labute approximate surface area is 164 Å². The highest BCUT2D eigenvalue weighted by molar-refractivity contribution is 7.17. The van der Waals surface area contributed by atoms with Crippen LogP contribution in [0.1, 0.15) is 47.0 Å². The van der Waals surface area contributed by atoms with Crippen molar-refractivity contribution in [1.82, 2.24) is 0 Å². The molecule has 2 rings (SSSR count). The molecule has 0 aromatic carbocycles. The van der Waals surface area contributed by atoms with Crippen molar-refractivity contribution in [2.75, 3.05) is 11.9 Å². The zero-order chi connectivity index (χ0) is 22.0. The Kier molecular flexibility index (Phi) is 6.82. The molecule has 1 amide bonds. The molecule has 0 radical (unpaired) electrons. The number of amides is 1. The van der Waals surface area contributed by atoms with E-state index in [0.717, 1.165) is 24.2 Å². The minimum atomic E-state index is -6.16. The van der Waals surface area contributed by atoms with Crippen LogP contribution in [0.25, 0.3) is 0 Å². The van der Waals surface area contributed by atoms with E-state index in [4.69, 9.17) is 4.74 Å². The van der Waals surface area contributed by atoms with E-state index in [1.807, 2.05) is 0 Å². The van der Waals surface area contributed by atoms with E-state index in [1.165, 1.54) is 12.2 Å². The van der Waals surface area contributed by atoms with E-state index in [0.29, 0.717) is 29.7 Å². The summed E-state index contributed by atoms with van der Waals surface area (Å²) < 4.78 is 97.0. The maximum atomic E-state index is 13.7. The van der Waals surface area contributed by atoms with Gasteiger partial charge in [0, 0.05) is 4.88 Å². The van der Waals surface area contributed by atoms with E-state index < -0.39 is 35.3 Å². The Morgan fingerprint density at radius 1 is 1.03 bits per heavy atom. The van der Waals surface area contributed by atoms with Gasteiger partial charge in [0.1, 0.15) is 5.00 Å². The zero-order valence-electron chi connectivity index (χ0n) is 14.9. The summed E-state index contributed by atoms with van der Waals surface area (Å²) in [6.07, 6.45) is -9.21. The second-order valence-electron chi connectivity index (χ2n) is 6.08. The summed E-state index contributed by atoms with van der Waals surface area (Å²) in [5, 5.41) is 0.978. The molecule has 1 aromatic rings. The van der Waals surface area contributed by atoms with Crippen molar-refractivity contribution in [1.29, 1.82) is 0 Å². The minimum Gasteiger partial charge on any atom is -0.462 e. The van der Waals surface area contributed by atoms with Crippen LogP contribution in [0, 0.1) is 0 Å². The molecular formula is C16H16F7NO4S. The summed E-state index contributed by atoms with van der Waals surface area (Å²) in [5.41, 5.74) is 0.195. The van der Waals surface area contributed by atoms with E-state index in [-0.39, 0.29) is 12.2 Å². The molecule has 5 nitrogen and oxygen atoms in total. The molecule has 0 fully saturated rings. The average molecular weight is 451 g/mol. The number of carbonyl (C=O) groups excluding carboxylic acids is 2. The van der Waals surface area contributed by atoms with E-state index in [9.17, 15) is 40.3 Å². The summed E-state index contributed by atoms with van der Waals surface area (Å²) >= 11 is 0.724. The van der Waals surface area contributed by atoms with Crippen LogP contribution in [0.5, 0.6) is 0 Å². The fraction of sp³-hybridized carbons (Fsp3) is 0.625. The number of esters is 1. The Hall–Kier alpha value is -1.89. The minimum absolute atomic E-state index is 0.0789. The second-order valence-corrected chi connectivity index (χ2v) is 7.19. The molecule has 0 saturated heterocycles. The largest absolute Gasteiger partial charge is 0.527 e. The van der Waals surface area contributed by atoms with Gasteiger partial charge in [-0.05, 0) is 38.2 Å². The molecule has 0 bridgehead atoms. The maximum absolute atomic E-state index is 13.7. The van der Waals surface area contributed by atoms with Gasteiger partial charge in [-0.15, -0.1) is 24.5 Å². The quantitative estimate of drug-likeness (QED) is 0.380. The molecule has 0 spiro atoms. The average Bonchev–Trinajstić information content (AvgIpc) is 2.73. The van der Waals surface area contributed by atoms with Crippen molar-refractivity contribution in [2.24, 2.45) is 0 Å². The van der Waals surface area contributed by atoms with Crippen molar-refractivity contribution in [3.05, 3.63) is 16.0 Å². The van der Waals surface area contributed by atoms with Gasteiger partial charge < -0.3 is 10.1 Å². The van der Waals surface area contributed by atoms with Crippen LogP contribution in [0.3, 0.4) is 0 Å². The number of fused-ring (bicyclic) bond motifs is 1. The van der Waals surface area contributed by atoms with Gasteiger partial charge in [0.05, 0.1) is 12.2 Å². The summed E-state index contributed by atoms with van der Waals surface area (Å²) in [6, 6.07) is 0. The monoisotopic (exact) mass is 451 g/mol. The van der Waals surface area contributed by atoms with Gasteiger partial charge in [0.2, 0.25) is 0 Å². The molecular weight excluding hydrogens is 435 g/mol. The maximum Gasteiger partial charge on any atom is 0.527 e. The first-order valence-corrected chi connectivity index (χ1v) is 9.27. The van der Waals surface area contributed by atoms with Crippen LogP contribution >= 0.6 is 11.3 Å². The highest BCUT2D eigenvalue weighted by Crippen LogP contribution is 2.43. The molecule has 0 aliphatic heterocycles. The van der Waals surface area contributed by atoms with Crippen molar-refractivity contribution < 1.29 is 49.8 Å². The summed E-state index contributed by atoms with van der Waals surface area (Å²) in [4.78, 5) is 24.6. The molecule has 1 aromatic heterocycles. The lowest BCUT2D eigenvalue weighted by Crippen LogP contribution is -2.53. The molecule has 0 atom stereocenters. The molecule has 1 aliphatic carbocycles. The molecule has 164 valence electrons. The van der Waals surface area contributed by atoms with Crippen molar-refractivity contribution in [2.45, 2.75) is 57.4 Å². The van der Waals surface area contributed by atoms with Gasteiger partial charge >= 0.3 is 30.3 Å². The Bertz CT molecular complexity index is 776. The third-order valence-electron chi connectivity index (χ3n) is 4.02. The molecule has 1 aliphatic rings. The van der Waals surface area contributed by atoms with Crippen molar-refractivity contribution >= 4 is 28.2 Å². The molecule has 29 heavy (non-hydrogen) atoms. The first-order valence-electron chi connectivity index (χ1n) is 8.45. The normalized spacial score (nSPS) is 15.4. The summed E-state index contributed by atoms with van der Waals surface area (Å²) in [5.74, 6) is -9.56. The summed E-state index contributed by atoms with van der Waals surface area (Å²) in [6.45, 7) is 1.40. The van der Waals surface area contributed by atoms with Crippen LogP contribution in [-0.2, 0) is 27.1 Å². The number of nitrogens with one attached hydrogen (secondary N) is 1. The number of rotatable bonds is 6. The van der Waals surface area contributed by atoms with Crippen molar-refractivity contribution in [3.8, 4) is 0 Å². The number of hydrogen-bond acceptors (Lipinski definition) is 5. The van der Waals surface area contributed by atoms with Crippen molar-refractivity contribution in [3.63, 3.8) is 0 Å². The number of halogens is 7. The predicted octanol–water partition coefficient (Wildman–Crippen LogP) is 4.90. The number of anilines is 1. The molecule has 0 saturated carbocycles. The highest BCUT2D eigenvalue weighted by Gasteiger charge is 2.67. The van der Waals surface area contributed by atoms with E-state index in [2.05, 4.69) is 4.74 Å². The number of aryl methyl sites for hydroxylation is 1. The number of thiophene rings is 1. The topological polar surface area (TPSA) is 64.6 Å². The smallest absolute Gasteiger partial charge is 0.462 e. The second kappa shape index (κ2) is 8.46. The number of alkyl halides is 7. The number of ether oxygens (including phenoxy) is 2.